The molecule has 0 radical (unpaired) electrons. The van der Waals surface area contributed by atoms with Gasteiger partial charge in [-0.25, -0.2) is 4.39 Å². The van der Waals surface area contributed by atoms with E-state index in [0.717, 1.165) is 25.2 Å². The van der Waals surface area contributed by atoms with Crippen molar-refractivity contribution in [2.75, 3.05) is 32.7 Å². The van der Waals surface area contributed by atoms with Gasteiger partial charge in [-0.05, 0) is 30.2 Å². The van der Waals surface area contributed by atoms with Gasteiger partial charge in [0.2, 0.25) is 0 Å². The van der Waals surface area contributed by atoms with Gasteiger partial charge in [-0.15, -0.1) is 0 Å². The van der Waals surface area contributed by atoms with Crippen LogP contribution in [0.5, 0.6) is 0 Å². The molecule has 0 unspecified atom stereocenters. The average molecular weight is 313 g/mol. The first-order valence-corrected chi connectivity index (χ1v) is 7.89. The molecule has 0 N–H and O–H groups in total. The number of benzene rings is 1. The lowest BCUT2D eigenvalue weighted by Gasteiger charge is -2.34. The van der Waals surface area contributed by atoms with Crippen molar-refractivity contribution < 1.29 is 9.18 Å². The summed E-state index contributed by atoms with van der Waals surface area (Å²) in [6.07, 6.45) is 3.97. The number of piperazine rings is 1. The maximum Gasteiger partial charge on any atom is 0.255 e. The quantitative estimate of drug-likeness (QED) is 0.868. The van der Waals surface area contributed by atoms with Crippen LogP contribution in [-0.4, -0.2) is 53.4 Å². The van der Waals surface area contributed by atoms with Crippen molar-refractivity contribution in [1.29, 1.82) is 0 Å². The van der Waals surface area contributed by atoms with E-state index in [1.54, 1.807) is 30.6 Å². The molecule has 0 atom stereocenters. The van der Waals surface area contributed by atoms with E-state index in [2.05, 4.69) is 9.88 Å². The van der Waals surface area contributed by atoms with E-state index < -0.39 is 0 Å². The highest BCUT2D eigenvalue weighted by atomic mass is 19.1. The molecular weight excluding hydrogens is 293 g/mol. The molecule has 1 aromatic heterocycles. The third-order valence-electron chi connectivity index (χ3n) is 4.22. The van der Waals surface area contributed by atoms with E-state index >= 15 is 0 Å². The molecule has 1 aliphatic heterocycles. The molecule has 23 heavy (non-hydrogen) atoms. The molecule has 5 heteroatoms. The number of nitrogens with zero attached hydrogens (tertiary/aromatic N) is 3. The summed E-state index contributed by atoms with van der Waals surface area (Å²) >= 11 is 0. The predicted octanol–water partition coefficient (Wildman–Crippen LogP) is 2.22. The molecule has 4 nitrogen and oxygen atoms in total. The van der Waals surface area contributed by atoms with Crippen LogP contribution in [0.2, 0.25) is 0 Å². The number of halogens is 1. The second-order valence-electron chi connectivity index (χ2n) is 5.72. The summed E-state index contributed by atoms with van der Waals surface area (Å²) in [4.78, 5) is 20.5. The van der Waals surface area contributed by atoms with Gasteiger partial charge in [0.1, 0.15) is 5.82 Å². The van der Waals surface area contributed by atoms with Gasteiger partial charge in [-0.3, -0.25) is 14.7 Å². The van der Waals surface area contributed by atoms with Crippen molar-refractivity contribution in [3.05, 3.63) is 65.7 Å². The van der Waals surface area contributed by atoms with Crippen LogP contribution in [0.1, 0.15) is 15.9 Å². The number of hydrogen-bond acceptors (Lipinski definition) is 3. The van der Waals surface area contributed by atoms with Crippen LogP contribution in [0, 0.1) is 5.82 Å². The summed E-state index contributed by atoms with van der Waals surface area (Å²) in [5.41, 5.74) is 1.38. The minimum Gasteiger partial charge on any atom is -0.336 e. The molecule has 2 aromatic rings. The fraction of sp³-hybridized carbons (Fsp3) is 0.333. The van der Waals surface area contributed by atoms with Crippen LogP contribution < -0.4 is 0 Å². The fourth-order valence-electron chi connectivity index (χ4n) is 2.83. The number of aromatic nitrogens is 1. The lowest BCUT2D eigenvalue weighted by molar-refractivity contribution is 0.0638. The normalized spacial score (nSPS) is 15.6. The van der Waals surface area contributed by atoms with Gasteiger partial charge in [0.25, 0.3) is 5.91 Å². The fourth-order valence-corrected chi connectivity index (χ4v) is 2.83. The molecule has 2 heterocycles. The Kier molecular flexibility index (Phi) is 4.98. The second-order valence-corrected chi connectivity index (χ2v) is 5.72. The van der Waals surface area contributed by atoms with Crippen LogP contribution in [0.25, 0.3) is 0 Å². The summed E-state index contributed by atoms with van der Waals surface area (Å²) in [5.74, 6) is -0.107. The van der Waals surface area contributed by atoms with Crippen molar-refractivity contribution in [2.45, 2.75) is 6.42 Å². The zero-order valence-electron chi connectivity index (χ0n) is 13.0. The number of carbonyl (C=O) groups excluding carboxylic acids is 1. The van der Waals surface area contributed by atoms with Crippen molar-refractivity contribution in [3.8, 4) is 0 Å². The summed E-state index contributed by atoms with van der Waals surface area (Å²) in [7, 11) is 0. The minimum absolute atomic E-state index is 0.0341. The Morgan fingerprint density at radius 2 is 1.87 bits per heavy atom. The number of pyridine rings is 1. The molecule has 0 saturated carbocycles. The number of amides is 1. The zero-order valence-corrected chi connectivity index (χ0v) is 13.0. The van der Waals surface area contributed by atoms with E-state index in [1.165, 1.54) is 6.07 Å². The molecule has 1 aliphatic rings. The maximum atomic E-state index is 13.6. The topological polar surface area (TPSA) is 36.4 Å². The van der Waals surface area contributed by atoms with Gasteiger partial charge in [-0.1, -0.05) is 18.2 Å². The molecule has 0 aliphatic carbocycles. The summed E-state index contributed by atoms with van der Waals surface area (Å²) in [6.45, 7) is 3.85. The largest absolute Gasteiger partial charge is 0.336 e. The Morgan fingerprint density at radius 3 is 2.57 bits per heavy atom. The van der Waals surface area contributed by atoms with Crippen molar-refractivity contribution >= 4 is 5.91 Å². The molecule has 1 fully saturated rings. The van der Waals surface area contributed by atoms with Crippen molar-refractivity contribution in [1.82, 2.24) is 14.8 Å². The summed E-state index contributed by atoms with van der Waals surface area (Å²) < 4.78 is 13.6. The monoisotopic (exact) mass is 313 g/mol. The molecule has 3 rings (SSSR count). The van der Waals surface area contributed by atoms with Gasteiger partial charge < -0.3 is 4.90 Å². The summed E-state index contributed by atoms with van der Waals surface area (Å²) in [5, 5.41) is 0. The van der Waals surface area contributed by atoms with Crippen LogP contribution in [0.4, 0.5) is 4.39 Å². The van der Waals surface area contributed by atoms with E-state index in [4.69, 9.17) is 0 Å². The molecule has 1 saturated heterocycles. The van der Waals surface area contributed by atoms with Gasteiger partial charge in [-0.2, -0.15) is 0 Å². The Labute approximate surface area is 135 Å². The Morgan fingerprint density at radius 1 is 1.09 bits per heavy atom. The molecule has 120 valence electrons. The minimum atomic E-state index is -0.141. The number of rotatable bonds is 4. The highest BCUT2D eigenvalue weighted by Crippen LogP contribution is 2.11. The van der Waals surface area contributed by atoms with E-state index in [9.17, 15) is 9.18 Å². The van der Waals surface area contributed by atoms with E-state index in [-0.39, 0.29) is 11.7 Å². The van der Waals surface area contributed by atoms with Crippen LogP contribution >= 0.6 is 0 Å². The predicted molar refractivity (Wildman–Crippen MR) is 86.7 cm³/mol. The first-order valence-electron chi connectivity index (χ1n) is 7.89. The first-order chi connectivity index (χ1) is 11.2. The van der Waals surface area contributed by atoms with Crippen LogP contribution in [-0.2, 0) is 6.42 Å². The first kappa shape index (κ1) is 15.6. The van der Waals surface area contributed by atoms with Crippen molar-refractivity contribution in [3.63, 3.8) is 0 Å². The highest BCUT2D eigenvalue weighted by molar-refractivity contribution is 5.93. The van der Waals surface area contributed by atoms with Gasteiger partial charge in [0.05, 0.1) is 5.56 Å². The third-order valence-corrected chi connectivity index (χ3v) is 4.22. The highest BCUT2D eigenvalue weighted by Gasteiger charge is 2.22. The zero-order chi connectivity index (χ0) is 16.1. The average Bonchev–Trinajstić information content (AvgIpc) is 2.62. The van der Waals surface area contributed by atoms with Gasteiger partial charge in [0.15, 0.2) is 0 Å². The third kappa shape index (κ3) is 3.93. The number of hydrogen-bond donors (Lipinski definition) is 0. The molecule has 1 aromatic carbocycles. The van der Waals surface area contributed by atoms with E-state index in [0.29, 0.717) is 25.1 Å². The maximum absolute atomic E-state index is 13.6. The molecular formula is C18H20FN3O. The number of carbonyl (C=O) groups is 1. The Bertz CT molecular complexity index is 654. The van der Waals surface area contributed by atoms with Gasteiger partial charge in [0, 0.05) is 45.1 Å². The van der Waals surface area contributed by atoms with E-state index in [1.807, 2.05) is 17.0 Å². The van der Waals surface area contributed by atoms with Crippen LogP contribution in [0.3, 0.4) is 0 Å². The molecule has 0 bridgehead atoms. The lowest BCUT2D eigenvalue weighted by Crippen LogP contribution is -2.49. The standard InChI is InChI=1S/C18H20FN3O/c19-17-6-2-1-4-15(17)7-9-21-10-12-22(13-11-21)18(23)16-5-3-8-20-14-16/h1-6,8,14H,7,9-13H2. The smallest absolute Gasteiger partial charge is 0.255 e. The Balaban J connectivity index is 1.49. The van der Waals surface area contributed by atoms with Crippen molar-refractivity contribution in [2.24, 2.45) is 0 Å². The summed E-state index contributed by atoms with van der Waals surface area (Å²) in [6, 6.07) is 10.5. The SMILES string of the molecule is O=C(c1cccnc1)N1CCN(CCc2ccccc2F)CC1. The second kappa shape index (κ2) is 7.33. The molecule has 0 spiro atoms. The molecule has 1 amide bonds. The van der Waals surface area contributed by atoms with Gasteiger partial charge >= 0.3 is 0 Å². The Hall–Kier alpha value is -2.27. The lowest BCUT2D eigenvalue weighted by atomic mass is 10.1. The van der Waals surface area contributed by atoms with Crippen LogP contribution in [0.15, 0.2) is 48.8 Å².